The van der Waals surface area contributed by atoms with Gasteiger partial charge in [-0.2, -0.15) is 5.48 Å². The molecule has 0 aromatic heterocycles. The van der Waals surface area contributed by atoms with Crippen LogP contribution in [-0.2, 0) is 14.3 Å². The molecule has 2 atom stereocenters. The Hall–Kier alpha value is -0.200. The molecule has 0 spiro atoms. The lowest BCUT2D eigenvalue weighted by Crippen LogP contribution is -2.33. The minimum absolute atomic E-state index is 0.222. The van der Waals surface area contributed by atoms with E-state index in [0.717, 1.165) is 32.3 Å². The van der Waals surface area contributed by atoms with Gasteiger partial charge in [-0.25, -0.2) is 0 Å². The molecule has 106 valence electrons. The standard InChI is InChI=1S/C13H25NO4/c15-11(8-14-18-12-4-1-2-5-12)9-16-10-13-6-3-7-17-13/h11-15H,1-10H2. The Morgan fingerprint density at radius 3 is 2.78 bits per heavy atom. The molecule has 2 fully saturated rings. The smallest absolute Gasteiger partial charge is 0.0920 e. The first-order valence-electron chi connectivity index (χ1n) is 7.10. The number of aliphatic hydroxyl groups excluding tert-OH is 1. The predicted octanol–water partition coefficient (Wildman–Crippen LogP) is 1.01. The van der Waals surface area contributed by atoms with Gasteiger partial charge in [-0.3, -0.25) is 4.84 Å². The van der Waals surface area contributed by atoms with E-state index in [-0.39, 0.29) is 6.10 Å². The van der Waals surface area contributed by atoms with Crippen molar-refractivity contribution in [1.82, 2.24) is 5.48 Å². The van der Waals surface area contributed by atoms with E-state index in [1.165, 1.54) is 12.8 Å². The van der Waals surface area contributed by atoms with Crippen LogP contribution in [0.5, 0.6) is 0 Å². The summed E-state index contributed by atoms with van der Waals surface area (Å²) in [5.74, 6) is 0. The largest absolute Gasteiger partial charge is 0.389 e. The molecule has 0 bridgehead atoms. The summed E-state index contributed by atoms with van der Waals surface area (Å²) in [6.07, 6.45) is 6.96. The first-order valence-corrected chi connectivity index (χ1v) is 7.10. The number of hydrogen-bond acceptors (Lipinski definition) is 5. The Bertz CT molecular complexity index is 193. The second kappa shape index (κ2) is 8.07. The summed E-state index contributed by atoms with van der Waals surface area (Å²) in [6, 6.07) is 0. The van der Waals surface area contributed by atoms with Crippen LogP contribution in [0.1, 0.15) is 38.5 Å². The fourth-order valence-electron chi connectivity index (χ4n) is 2.44. The Morgan fingerprint density at radius 1 is 1.22 bits per heavy atom. The minimum Gasteiger partial charge on any atom is -0.389 e. The lowest BCUT2D eigenvalue weighted by Gasteiger charge is -2.16. The second-order valence-electron chi connectivity index (χ2n) is 5.20. The minimum atomic E-state index is -0.521. The molecule has 0 aromatic carbocycles. The van der Waals surface area contributed by atoms with Crippen LogP contribution in [0, 0.1) is 0 Å². The molecule has 1 aliphatic heterocycles. The van der Waals surface area contributed by atoms with E-state index in [4.69, 9.17) is 14.3 Å². The van der Waals surface area contributed by atoms with Crippen LogP contribution in [0.3, 0.4) is 0 Å². The zero-order valence-corrected chi connectivity index (χ0v) is 11.0. The van der Waals surface area contributed by atoms with Crippen LogP contribution in [0.25, 0.3) is 0 Å². The maximum Gasteiger partial charge on any atom is 0.0920 e. The Morgan fingerprint density at radius 2 is 2.06 bits per heavy atom. The first kappa shape index (κ1) is 14.2. The number of hydrogen-bond donors (Lipinski definition) is 2. The second-order valence-corrected chi connectivity index (χ2v) is 5.20. The topological polar surface area (TPSA) is 60.0 Å². The molecular formula is C13H25NO4. The van der Waals surface area contributed by atoms with E-state index in [2.05, 4.69) is 5.48 Å². The van der Waals surface area contributed by atoms with Crippen LogP contribution in [0.2, 0.25) is 0 Å². The maximum atomic E-state index is 9.69. The van der Waals surface area contributed by atoms with Crippen molar-refractivity contribution in [3.05, 3.63) is 0 Å². The van der Waals surface area contributed by atoms with Gasteiger partial charge in [-0.1, -0.05) is 12.8 Å². The zero-order chi connectivity index (χ0) is 12.6. The van der Waals surface area contributed by atoms with Gasteiger partial charge in [0.15, 0.2) is 0 Å². The molecule has 5 heteroatoms. The van der Waals surface area contributed by atoms with E-state index >= 15 is 0 Å². The highest BCUT2D eigenvalue weighted by Crippen LogP contribution is 2.19. The number of hydroxylamine groups is 1. The van der Waals surface area contributed by atoms with Gasteiger partial charge in [0.05, 0.1) is 31.5 Å². The molecule has 1 heterocycles. The predicted molar refractivity (Wildman–Crippen MR) is 67.1 cm³/mol. The van der Waals surface area contributed by atoms with Gasteiger partial charge in [0, 0.05) is 13.2 Å². The summed E-state index contributed by atoms with van der Waals surface area (Å²) in [5.41, 5.74) is 2.84. The number of nitrogens with one attached hydrogen (secondary N) is 1. The molecule has 5 nitrogen and oxygen atoms in total. The molecule has 0 aromatic rings. The fraction of sp³-hybridized carbons (Fsp3) is 1.00. The van der Waals surface area contributed by atoms with Crippen LogP contribution in [-0.4, -0.2) is 49.8 Å². The van der Waals surface area contributed by atoms with Crippen molar-refractivity contribution in [2.24, 2.45) is 0 Å². The van der Waals surface area contributed by atoms with E-state index in [1.54, 1.807) is 0 Å². The van der Waals surface area contributed by atoms with Gasteiger partial charge in [-0.05, 0) is 25.7 Å². The summed E-state index contributed by atoms with van der Waals surface area (Å²) < 4.78 is 10.9. The quantitative estimate of drug-likeness (QED) is 0.637. The van der Waals surface area contributed by atoms with Crippen molar-refractivity contribution in [3.63, 3.8) is 0 Å². The molecule has 1 saturated carbocycles. The molecule has 18 heavy (non-hydrogen) atoms. The van der Waals surface area contributed by atoms with Crippen molar-refractivity contribution in [2.75, 3.05) is 26.4 Å². The highest BCUT2D eigenvalue weighted by Gasteiger charge is 2.17. The number of ether oxygens (including phenoxy) is 2. The molecule has 0 radical (unpaired) electrons. The molecular weight excluding hydrogens is 234 g/mol. The molecule has 2 aliphatic rings. The first-order chi connectivity index (χ1) is 8.84. The third kappa shape index (κ3) is 5.20. The van der Waals surface area contributed by atoms with Gasteiger partial charge >= 0.3 is 0 Å². The summed E-state index contributed by atoms with van der Waals surface area (Å²) in [4.78, 5) is 5.46. The molecule has 2 N–H and O–H groups in total. The van der Waals surface area contributed by atoms with Crippen molar-refractivity contribution in [1.29, 1.82) is 0 Å². The monoisotopic (exact) mass is 259 g/mol. The number of rotatable bonds is 8. The van der Waals surface area contributed by atoms with E-state index in [9.17, 15) is 5.11 Å². The summed E-state index contributed by atoms with van der Waals surface area (Å²) in [7, 11) is 0. The van der Waals surface area contributed by atoms with E-state index < -0.39 is 6.10 Å². The van der Waals surface area contributed by atoms with Crippen molar-refractivity contribution < 1.29 is 19.4 Å². The molecule has 1 saturated heterocycles. The zero-order valence-electron chi connectivity index (χ0n) is 11.0. The van der Waals surface area contributed by atoms with Crippen molar-refractivity contribution >= 4 is 0 Å². The average molecular weight is 259 g/mol. The molecule has 2 unspecified atom stereocenters. The third-order valence-electron chi connectivity index (χ3n) is 3.51. The Balaban J connectivity index is 1.43. The van der Waals surface area contributed by atoms with Crippen LogP contribution in [0.15, 0.2) is 0 Å². The summed E-state index contributed by atoms with van der Waals surface area (Å²) in [6.45, 7) is 2.18. The number of aliphatic hydroxyl groups is 1. The van der Waals surface area contributed by atoms with E-state index in [1.807, 2.05) is 0 Å². The summed E-state index contributed by atoms with van der Waals surface area (Å²) in [5, 5.41) is 9.69. The SMILES string of the molecule is OC(CNOC1CCCC1)COCC1CCCO1. The Kier molecular flexibility index (Phi) is 6.37. The normalized spacial score (nSPS) is 26.8. The lowest BCUT2D eigenvalue weighted by atomic mass is 10.2. The fourth-order valence-corrected chi connectivity index (χ4v) is 2.44. The van der Waals surface area contributed by atoms with E-state index in [0.29, 0.717) is 25.9 Å². The van der Waals surface area contributed by atoms with Crippen molar-refractivity contribution in [2.45, 2.75) is 56.8 Å². The lowest BCUT2D eigenvalue weighted by molar-refractivity contribution is -0.0578. The van der Waals surface area contributed by atoms with Crippen LogP contribution >= 0.6 is 0 Å². The van der Waals surface area contributed by atoms with Crippen LogP contribution < -0.4 is 5.48 Å². The Labute approximate surface area is 109 Å². The van der Waals surface area contributed by atoms with Gasteiger partial charge in [0.1, 0.15) is 0 Å². The van der Waals surface area contributed by atoms with Gasteiger partial charge in [0.2, 0.25) is 0 Å². The van der Waals surface area contributed by atoms with Gasteiger partial charge in [0.25, 0.3) is 0 Å². The van der Waals surface area contributed by atoms with Crippen molar-refractivity contribution in [3.8, 4) is 0 Å². The van der Waals surface area contributed by atoms with Crippen LogP contribution in [0.4, 0.5) is 0 Å². The third-order valence-corrected chi connectivity index (χ3v) is 3.51. The maximum absolute atomic E-state index is 9.69. The summed E-state index contributed by atoms with van der Waals surface area (Å²) >= 11 is 0. The molecule has 1 aliphatic carbocycles. The van der Waals surface area contributed by atoms with Gasteiger partial charge in [-0.15, -0.1) is 0 Å². The highest BCUT2D eigenvalue weighted by atomic mass is 16.7. The molecule has 0 amide bonds. The average Bonchev–Trinajstić information content (AvgIpc) is 3.01. The highest BCUT2D eigenvalue weighted by molar-refractivity contribution is 4.66. The molecule has 2 rings (SSSR count). The van der Waals surface area contributed by atoms with Gasteiger partial charge < -0.3 is 14.6 Å².